The molecule has 0 N–H and O–H groups in total. The Morgan fingerprint density at radius 3 is 1.83 bits per heavy atom. The summed E-state index contributed by atoms with van der Waals surface area (Å²) in [5.74, 6) is 0.290. The predicted molar refractivity (Wildman–Crippen MR) is 51.0 cm³/mol. The molecule has 0 aliphatic heterocycles. The van der Waals surface area contributed by atoms with Gasteiger partial charge in [0.15, 0.2) is 5.78 Å². The lowest BCUT2D eigenvalue weighted by molar-refractivity contribution is -0.111. The van der Waals surface area contributed by atoms with Crippen molar-refractivity contribution in [3.63, 3.8) is 0 Å². The van der Waals surface area contributed by atoms with Crippen LogP contribution in [0.1, 0.15) is 39.5 Å². The molecule has 0 spiro atoms. The smallest absolute Gasteiger partial charge is 0.184 e. The maximum Gasteiger partial charge on any atom is 0.184 e. The topological polar surface area (TPSA) is 17.1 Å². The van der Waals surface area contributed by atoms with Gasteiger partial charge in [0.25, 0.3) is 0 Å². The molecule has 0 atom stereocenters. The standard InChI is InChI=1S/C11H16O/c1-3-5-9-7-8-10(6-4-2)11(9)12/h5-6H,3-4,7-8H2,1-2H3/b9-5-,10-6-. The summed E-state index contributed by atoms with van der Waals surface area (Å²) in [6.07, 6.45) is 7.97. The fraction of sp³-hybridized carbons (Fsp3) is 0.545. The van der Waals surface area contributed by atoms with Crippen LogP contribution in [0, 0.1) is 0 Å². The van der Waals surface area contributed by atoms with E-state index in [0.717, 1.165) is 36.8 Å². The van der Waals surface area contributed by atoms with Gasteiger partial charge in [-0.1, -0.05) is 26.0 Å². The lowest BCUT2D eigenvalue weighted by Gasteiger charge is -1.92. The zero-order chi connectivity index (χ0) is 8.97. The fourth-order valence-corrected chi connectivity index (χ4v) is 1.58. The predicted octanol–water partition coefficient (Wildman–Crippen LogP) is 3.02. The fourth-order valence-electron chi connectivity index (χ4n) is 1.58. The highest BCUT2D eigenvalue weighted by Gasteiger charge is 2.21. The van der Waals surface area contributed by atoms with Crippen LogP contribution in [0.15, 0.2) is 23.3 Å². The summed E-state index contributed by atoms with van der Waals surface area (Å²) in [4.78, 5) is 11.5. The van der Waals surface area contributed by atoms with E-state index in [-0.39, 0.29) is 0 Å². The van der Waals surface area contributed by atoms with Gasteiger partial charge < -0.3 is 0 Å². The summed E-state index contributed by atoms with van der Waals surface area (Å²) in [6.45, 7) is 4.14. The first kappa shape index (κ1) is 9.24. The van der Waals surface area contributed by atoms with E-state index in [9.17, 15) is 4.79 Å². The van der Waals surface area contributed by atoms with Crippen LogP contribution in [0.2, 0.25) is 0 Å². The molecule has 0 radical (unpaired) electrons. The van der Waals surface area contributed by atoms with Crippen molar-refractivity contribution in [2.45, 2.75) is 39.5 Å². The largest absolute Gasteiger partial charge is 0.289 e. The lowest BCUT2D eigenvalue weighted by atomic mass is 10.1. The second kappa shape index (κ2) is 4.24. The van der Waals surface area contributed by atoms with Crippen LogP contribution < -0.4 is 0 Å². The monoisotopic (exact) mass is 164 g/mol. The van der Waals surface area contributed by atoms with E-state index in [1.54, 1.807) is 0 Å². The highest BCUT2D eigenvalue weighted by atomic mass is 16.1. The van der Waals surface area contributed by atoms with Crippen molar-refractivity contribution in [1.82, 2.24) is 0 Å². The Morgan fingerprint density at radius 2 is 1.50 bits per heavy atom. The van der Waals surface area contributed by atoms with Crippen LogP contribution in [-0.4, -0.2) is 5.78 Å². The van der Waals surface area contributed by atoms with Gasteiger partial charge in [-0.05, 0) is 36.8 Å². The van der Waals surface area contributed by atoms with Crippen LogP contribution in [0.25, 0.3) is 0 Å². The summed E-state index contributed by atoms with van der Waals surface area (Å²) in [7, 11) is 0. The Hall–Kier alpha value is -0.850. The second-order valence-electron chi connectivity index (χ2n) is 3.10. The molecule has 1 fully saturated rings. The molecule has 0 aromatic rings. The van der Waals surface area contributed by atoms with E-state index in [1.807, 2.05) is 0 Å². The summed E-state index contributed by atoms with van der Waals surface area (Å²) in [5.41, 5.74) is 2.05. The average molecular weight is 164 g/mol. The first-order chi connectivity index (χ1) is 5.79. The minimum Gasteiger partial charge on any atom is -0.289 e. The molecule has 0 unspecified atom stereocenters. The number of Topliss-reactive ketones (excluding diaryl/α,β-unsaturated/α-hetero) is 1. The highest BCUT2D eigenvalue weighted by Crippen LogP contribution is 2.26. The molecule has 12 heavy (non-hydrogen) atoms. The normalized spacial score (nSPS) is 24.3. The van der Waals surface area contributed by atoms with Crippen LogP contribution >= 0.6 is 0 Å². The molecule has 1 nitrogen and oxygen atoms in total. The van der Waals surface area contributed by atoms with E-state index in [0.29, 0.717) is 5.78 Å². The molecule has 1 rings (SSSR count). The summed E-state index contributed by atoms with van der Waals surface area (Å²) in [5, 5.41) is 0. The number of rotatable bonds is 2. The molecule has 1 aliphatic rings. The molecule has 0 bridgehead atoms. The van der Waals surface area contributed by atoms with Gasteiger partial charge in [-0.15, -0.1) is 0 Å². The maximum atomic E-state index is 11.5. The zero-order valence-corrected chi connectivity index (χ0v) is 7.89. The maximum absolute atomic E-state index is 11.5. The first-order valence-electron chi connectivity index (χ1n) is 4.72. The molecular formula is C11H16O. The van der Waals surface area contributed by atoms with Crippen molar-refractivity contribution < 1.29 is 4.79 Å². The van der Waals surface area contributed by atoms with Gasteiger partial charge in [-0.25, -0.2) is 0 Å². The van der Waals surface area contributed by atoms with Crippen LogP contribution in [-0.2, 0) is 4.79 Å². The van der Waals surface area contributed by atoms with E-state index < -0.39 is 0 Å². The number of hydrogen-bond acceptors (Lipinski definition) is 1. The van der Waals surface area contributed by atoms with Crippen molar-refractivity contribution in [3.8, 4) is 0 Å². The van der Waals surface area contributed by atoms with E-state index in [4.69, 9.17) is 0 Å². The van der Waals surface area contributed by atoms with Gasteiger partial charge in [-0.2, -0.15) is 0 Å². The molecule has 0 heterocycles. The first-order valence-corrected chi connectivity index (χ1v) is 4.72. The second-order valence-corrected chi connectivity index (χ2v) is 3.10. The Balaban J connectivity index is 2.74. The molecule has 0 amide bonds. The molecule has 1 aliphatic carbocycles. The minimum atomic E-state index is 0.290. The molecule has 0 aromatic heterocycles. The molecule has 1 saturated carbocycles. The molecular weight excluding hydrogens is 148 g/mol. The van der Waals surface area contributed by atoms with Crippen LogP contribution in [0.5, 0.6) is 0 Å². The Labute approximate surface area is 74.2 Å². The average Bonchev–Trinajstić information content (AvgIpc) is 2.38. The zero-order valence-electron chi connectivity index (χ0n) is 7.89. The van der Waals surface area contributed by atoms with Crippen molar-refractivity contribution in [3.05, 3.63) is 23.3 Å². The van der Waals surface area contributed by atoms with Crippen molar-refractivity contribution >= 4 is 5.78 Å². The third-order valence-corrected chi connectivity index (χ3v) is 2.15. The number of carbonyl (C=O) groups excluding carboxylic acids is 1. The Morgan fingerprint density at radius 1 is 1.08 bits per heavy atom. The number of carbonyl (C=O) groups is 1. The van der Waals surface area contributed by atoms with Gasteiger partial charge in [0, 0.05) is 0 Å². The van der Waals surface area contributed by atoms with E-state index in [1.165, 1.54) is 0 Å². The number of ketones is 1. The van der Waals surface area contributed by atoms with Gasteiger partial charge in [-0.3, -0.25) is 4.79 Å². The van der Waals surface area contributed by atoms with Crippen molar-refractivity contribution in [1.29, 1.82) is 0 Å². The quantitative estimate of drug-likeness (QED) is 0.573. The van der Waals surface area contributed by atoms with Gasteiger partial charge >= 0.3 is 0 Å². The summed E-state index contributed by atoms with van der Waals surface area (Å²) >= 11 is 0. The molecule has 0 aromatic carbocycles. The van der Waals surface area contributed by atoms with Gasteiger partial charge in [0.05, 0.1) is 0 Å². The third kappa shape index (κ3) is 1.84. The molecule has 0 saturated heterocycles. The summed E-state index contributed by atoms with van der Waals surface area (Å²) in [6, 6.07) is 0. The Kier molecular flexibility index (Phi) is 3.27. The van der Waals surface area contributed by atoms with Crippen molar-refractivity contribution in [2.24, 2.45) is 0 Å². The van der Waals surface area contributed by atoms with Crippen LogP contribution in [0.3, 0.4) is 0 Å². The number of hydrogen-bond donors (Lipinski definition) is 0. The highest BCUT2D eigenvalue weighted by molar-refractivity contribution is 6.10. The number of allylic oxidation sites excluding steroid dienone is 4. The molecule has 1 heteroatoms. The van der Waals surface area contributed by atoms with Gasteiger partial charge in [0.2, 0.25) is 0 Å². The minimum absolute atomic E-state index is 0.290. The molecule has 66 valence electrons. The van der Waals surface area contributed by atoms with E-state index >= 15 is 0 Å². The van der Waals surface area contributed by atoms with Crippen LogP contribution in [0.4, 0.5) is 0 Å². The van der Waals surface area contributed by atoms with Crippen molar-refractivity contribution in [2.75, 3.05) is 0 Å². The van der Waals surface area contributed by atoms with Gasteiger partial charge in [0.1, 0.15) is 0 Å². The Bertz CT molecular complexity index is 209. The SMILES string of the molecule is CC/C=C1/CC/C(=C/CC)C1=O. The lowest BCUT2D eigenvalue weighted by Crippen LogP contribution is -1.94. The third-order valence-electron chi connectivity index (χ3n) is 2.15. The summed E-state index contributed by atoms with van der Waals surface area (Å²) < 4.78 is 0. The van der Waals surface area contributed by atoms with E-state index in [2.05, 4.69) is 26.0 Å².